The summed E-state index contributed by atoms with van der Waals surface area (Å²) in [5.41, 5.74) is 3.69. The maximum atomic E-state index is 13.3. The molecule has 29 heavy (non-hydrogen) atoms. The van der Waals surface area contributed by atoms with Crippen molar-refractivity contribution in [2.45, 2.75) is 20.0 Å². The first-order valence-electron chi connectivity index (χ1n) is 9.39. The van der Waals surface area contributed by atoms with Gasteiger partial charge in [0.15, 0.2) is 0 Å². The van der Waals surface area contributed by atoms with Gasteiger partial charge in [-0.25, -0.2) is 0 Å². The first kappa shape index (κ1) is 18.5. The van der Waals surface area contributed by atoms with Crippen LogP contribution in [0, 0.1) is 23.7 Å². The number of nitriles is 1. The summed E-state index contributed by atoms with van der Waals surface area (Å²) in [6, 6.07) is 25.1. The van der Waals surface area contributed by atoms with E-state index in [0.29, 0.717) is 24.0 Å². The van der Waals surface area contributed by atoms with Crippen LogP contribution >= 0.6 is 0 Å². The van der Waals surface area contributed by atoms with Crippen LogP contribution in [0.15, 0.2) is 77.6 Å². The summed E-state index contributed by atoms with van der Waals surface area (Å²) < 4.78 is 3.46. The highest BCUT2D eigenvalue weighted by atomic mass is 16.1. The lowest BCUT2D eigenvalue weighted by atomic mass is 10.1. The monoisotopic (exact) mass is 380 g/mol. The molecule has 0 saturated carbocycles. The van der Waals surface area contributed by atoms with Crippen molar-refractivity contribution in [2.75, 3.05) is 0 Å². The number of pyridine rings is 2. The molecular weight excluding hydrogens is 360 g/mol. The molecule has 0 radical (unpaired) electrons. The van der Waals surface area contributed by atoms with Crippen molar-refractivity contribution < 1.29 is 0 Å². The van der Waals surface area contributed by atoms with E-state index < -0.39 is 0 Å². The van der Waals surface area contributed by atoms with E-state index in [9.17, 15) is 10.1 Å². The maximum Gasteiger partial charge on any atom is 0.260 e. The molecule has 5 heteroatoms. The standard InChI is InChI=1S/C24H20N4O/c1-17-12-22-21(24(29)27(17)15-18-8-4-2-5-9-18)13-20(14-25)23(26)28(22)16-19-10-6-3-7-11-19/h2-13,26H,15-16H2,1H3. The molecule has 142 valence electrons. The van der Waals surface area contributed by atoms with Gasteiger partial charge in [-0.2, -0.15) is 5.26 Å². The van der Waals surface area contributed by atoms with E-state index in [1.807, 2.05) is 73.7 Å². The first-order chi connectivity index (χ1) is 14.1. The van der Waals surface area contributed by atoms with E-state index in [0.717, 1.165) is 16.8 Å². The van der Waals surface area contributed by atoms with Crippen molar-refractivity contribution in [3.63, 3.8) is 0 Å². The fourth-order valence-corrected chi connectivity index (χ4v) is 3.58. The van der Waals surface area contributed by atoms with E-state index >= 15 is 0 Å². The van der Waals surface area contributed by atoms with Crippen molar-refractivity contribution in [1.29, 1.82) is 10.7 Å². The van der Waals surface area contributed by atoms with Crippen LogP contribution in [0.3, 0.4) is 0 Å². The van der Waals surface area contributed by atoms with Crippen LogP contribution in [0.5, 0.6) is 0 Å². The lowest BCUT2D eigenvalue weighted by Crippen LogP contribution is -2.29. The molecule has 0 aliphatic rings. The Bertz CT molecular complexity index is 1340. The molecular formula is C24H20N4O. The predicted molar refractivity (Wildman–Crippen MR) is 113 cm³/mol. The molecule has 0 atom stereocenters. The number of benzene rings is 2. The first-order valence-corrected chi connectivity index (χ1v) is 9.39. The fraction of sp³-hybridized carbons (Fsp3) is 0.125. The highest BCUT2D eigenvalue weighted by Gasteiger charge is 2.14. The lowest BCUT2D eigenvalue weighted by molar-refractivity contribution is 0.723. The van der Waals surface area contributed by atoms with Crippen molar-refractivity contribution in [3.05, 3.63) is 111 Å². The van der Waals surface area contributed by atoms with Gasteiger partial charge in [0.1, 0.15) is 11.6 Å². The van der Waals surface area contributed by atoms with Crippen LogP contribution < -0.4 is 11.0 Å². The van der Waals surface area contributed by atoms with E-state index in [2.05, 4.69) is 6.07 Å². The van der Waals surface area contributed by atoms with Gasteiger partial charge in [-0.15, -0.1) is 0 Å². The van der Waals surface area contributed by atoms with Crippen LogP contribution in [0.4, 0.5) is 0 Å². The highest BCUT2D eigenvalue weighted by Crippen LogP contribution is 2.15. The van der Waals surface area contributed by atoms with Gasteiger partial charge in [-0.05, 0) is 30.2 Å². The number of aromatic nitrogens is 2. The summed E-state index contributed by atoms with van der Waals surface area (Å²) in [7, 11) is 0. The fourth-order valence-electron chi connectivity index (χ4n) is 3.58. The molecule has 0 bridgehead atoms. The smallest absolute Gasteiger partial charge is 0.260 e. The van der Waals surface area contributed by atoms with Crippen LogP contribution in [0.1, 0.15) is 22.4 Å². The Morgan fingerprint density at radius 3 is 2.00 bits per heavy atom. The van der Waals surface area contributed by atoms with Crippen molar-refractivity contribution in [2.24, 2.45) is 0 Å². The van der Waals surface area contributed by atoms with E-state index in [4.69, 9.17) is 5.41 Å². The average molecular weight is 380 g/mol. The van der Waals surface area contributed by atoms with Gasteiger partial charge >= 0.3 is 0 Å². The Balaban J connectivity index is 1.95. The Morgan fingerprint density at radius 1 is 0.897 bits per heavy atom. The zero-order valence-electron chi connectivity index (χ0n) is 16.1. The molecule has 0 fully saturated rings. The minimum Gasteiger partial charge on any atom is -0.320 e. The van der Waals surface area contributed by atoms with Crippen LogP contribution in [0.25, 0.3) is 10.9 Å². The SMILES string of the molecule is Cc1cc2c(cc(C#N)c(=N)n2Cc2ccccc2)c(=O)n1Cc1ccccc1. The molecule has 0 aliphatic heterocycles. The van der Waals surface area contributed by atoms with Gasteiger partial charge in [-0.1, -0.05) is 60.7 Å². The van der Waals surface area contributed by atoms with Gasteiger partial charge in [0.25, 0.3) is 5.56 Å². The maximum absolute atomic E-state index is 13.3. The zero-order chi connectivity index (χ0) is 20.4. The number of aryl methyl sites for hydroxylation is 1. The second-order valence-electron chi connectivity index (χ2n) is 7.05. The number of rotatable bonds is 4. The van der Waals surface area contributed by atoms with E-state index in [1.54, 1.807) is 15.2 Å². The third-order valence-corrected chi connectivity index (χ3v) is 5.11. The Labute approximate surface area is 168 Å². The summed E-state index contributed by atoms with van der Waals surface area (Å²) in [5, 5.41) is 18.5. The third-order valence-electron chi connectivity index (χ3n) is 5.11. The van der Waals surface area contributed by atoms with Crippen LogP contribution in [-0.4, -0.2) is 9.13 Å². The van der Waals surface area contributed by atoms with Crippen molar-refractivity contribution in [1.82, 2.24) is 9.13 Å². The van der Waals surface area contributed by atoms with Gasteiger partial charge in [0, 0.05) is 12.2 Å². The normalized spacial score (nSPS) is 10.8. The number of hydrogen-bond donors (Lipinski definition) is 1. The van der Waals surface area contributed by atoms with Gasteiger partial charge in [-0.3, -0.25) is 10.2 Å². The van der Waals surface area contributed by atoms with E-state index in [1.165, 1.54) is 0 Å². The van der Waals surface area contributed by atoms with Gasteiger partial charge in [0.05, 0.1) is 23.0 Å². The largest absolute Gasteiger partial charge is 0.320 e. The number of hydrogen-bond acceptors (Lipinski definition) is 3. The molecule has 4 aromatic rings. The molecule has 1 N–H and O–H groups in total. The van der Waals surface area contributed by atoms with Crippen molar-refractivity contribution >= 4 is 10.9 Å². The lowest BCUT2D eigenvalue weighted by Gasteiger charge is -2.16. The highest BCUT2D eigenvalue weighted by molar-refractivity contribution is 5.80. The zero-order valence-corrected chi connectivity index (χ0v) is 16.1. The average Bonchev–Trinajstić information content (AvgIpc) is 2.75. The number of nitrogens with one attached hydrogen (secondary N) is 1. The summed E-state index contributed by atoms with van der Waals surface area (Å²) >= 11 is 0. The summed E-state index contributed by atoms with van der Waals surface area (Å²) in [6.45, 7) is 2.79. The molecule has 0 spiro atoms. The van der Waals surface area contributed by atoms with E-state index in [-0.39, 0.29) is 16.6 Å². The molecule has 0 amide bonds. The molecule has 0 saturated heterocycles. The summed E-state index contributed by atoms with van der Waals surface area (Å²) in [6.07, 6.45) is 0. The molecule has 0 unspecified atom stereocenters. The molecule has 2 heterocycles. The van der Waals surface area contributed by atoms with Crippen LogP contribution in [0.2, 0.25) is 0 Å². The quantitative estimate of drug-likeness (QED) is 0.588. The molecule has 2 aromatic carbocycles. The molecule has 2 aromatic heterocycles. The Morgan fingerprint density at radius 2 is 1.45 bits per heavy atom. The summed E-state index contributed by atoms with van der Waals surface area (Å²) in [5.74, 6) is 0. The Hall–Kier alpha value is -3.91. The second kappa shape index (κ2) is 7.61. The second-order valence-corrected chi connectivity index (χ2v) is 7.05. The molecule has 0 aliphatic carbocycles. The van der Waals surface area contributed by atoms with Gasteiger partial charge < -0.3 is 9.13 Å². The minimum atomic E-state index is -0.151. The van der Waals surface area contributed by atoms with Crippen LogP contribution in [-0.2, 0) is 13.1 Å². The molecule has 4 rings (SSSR count). The molecule has 5 nitrogen and oxygen atoms in total. The summed E-state index contributed by atoms with van der Waals surface area (Å²) in [4.78, 5) is 13.3. The third kappa shape index (κ3) is 3.48. The minimum absolute atomic E-state index is 0.114. The van der Waals surface area contributed by atoms with Gasteiger partial charge in [0.2, 0.25) is 0 Å². The number of fused-ring (bicyclic) bond motifs is 1. The van der Waals surface area contributed by atoms with Crippen molar-refractivity contribution in [3.8, 4) is 6.07 Å². The topological polar surface area (TPSA) is 74.6 Å². The number of nitrogens with zero attached hydrogens (tertiary/aromatic N) is 3. The predicted octanol–water partition coefficient (Wildman–Crippen LogP) is 3.56. The Kier molecular flexibility index (Phi) is 4.84.